The highest BCUT2D eigenvalue weighted by atomic mass is 19.4. The van der Waals surface area contributed by atoms with Gasteiger partial charge in [0.25, 0.3) is 11.8 Å². The van der Waals surface area contributed by atoms with E-state index in [9.17, 15) is 45.5 Å². The second kappa shape index (κ2) is 21.1. The molecule has 10 nitrogen and oxygen atoms in total. The molecule has 16 heteroatoms. The molecule has 2 aliphatic carbocycles. The minimum absolute atomic E-state index is 0.0217. The van der Waals surface area contributed by atoms with Gasteiger partial charge in [-0.3, -0.25) is 9.59 Å². The fraction of sp³-hybridized carbons (Fsp3) is 0.351. The van der Waals surface area contributed by atoms with Crippen LogP contribution in [0, 0.1) is 35.5 Å². The number of aliphatic imine (C=N–C) groups is 1. The van der Waals surface area contributed by atoms with Crippen molar-refractivity contribution >= 4 is 47.1 Å². The van der Waals surface area contributed by atoms with E-state index in [0.29, 0.717) is 35.1 Å². The van der Waals surface area contributed by atoms with Crippen molar-refractivity contribution in [2.45, 2.75) is 91.8 Å². The van der Waals surface area contributed by atoms with Gasteiger partial charge in [0.1, 0.15) is 35.0 Å². The molecule has 8 rings (SSSR count). The van der Waals surface area contributed by atoms with Crippen LogP contribution in [-0.4, -0.2) is 46.8 Å². The fourth-order valence-electron chi connectivity index (χ4n) is 11.0. The summed E-state index contributed by atoms with van der Waals surface area (Å²) >= 11 is 0. The first kappa shape index (κ1) is 52.1. The number of amides is 2. The maximum absolute atomic E-state index is 15.0. The van der Waals surface area contributed by atoms with Gasteiger partial charge in [-0.15, -0.1) is 0 Å². The number of aromatic amines is 1. The molecule has 0 spiro atoms. The van der Waals surface area contributed by atoms with Gasteiger partial charge < -0.3 is 25.1 Å². The van der Waals surface area contributed by atoms with Crippen LogP contribution in [0.2, 0.25) is 0 Å². The van der Waals surface area contributed by atoms with E-state index in [4.69, 9.17) is 14.5 Å². The van der Waals surface area contributed by atoms with Crippen molar-refractivity contribution in [3.63, 3.8) is 0 Å². The van der Waals surface area contributed by atoms with Crippen LogP contribution in [0.3, 0.4) is 0 Å². The summed E-state index contributed by atoms with van der Waals surface area (Å²) in [6, 6.07) is 24.8. The summed E-state index contributed by atoms with van der Waals surface area (Å²) in [5.74, 6) is -3.73. The standard InChI is InChI=1S/C57H56F6N4O6/c1-30-23-32(3)48(33(4)24-30)72-54(70)46-44(36-15-9-7-10-16-36)42(64-50(46)66-52(68)38-19-13-21-40(27-38)56(58,59)60)29-43-45(37-17-11-8-12-18-37)47(55(71)73-49-34(5)25-31(2)26-35(49)6)51(65-43)67-53(69)39-20-14-22-41(28-39)57(61,62)63/h7-22,27-35,48-49,64H,23-26H2,1-6H3,(H,66,68)(H,65,67,69). The van der Waals surface area contributed by atoms with Crippen LogP contribution in [-0.2, 0) is 26.6 Å². The van der Waals surface area contributed by atoms with Crippen molar-refractivity contribution < 1.29 is 55.0 Å². The molecule has 2 fully saturated rings. The number of benzene rings is 4. The average Bonchev–Trinajstić information content (AvgIpc) is 3.88. The number of nitrogens with one attached hydrogen (secondary N) is 3. The van der Waals surface area contributed by atoms with Crippen LogP contribution in [0.1, 0.15) is 121 Å². The second-order valence-electron chi connectivity index (χ2n) is 20.0. The number of allylic oxidation sites excluding steroid dienone is 1. The van der Waals surface area contributed by atoms with E-state index in [-0.39, 0.29) is 80.1 Å². The van der Waals surface area contributed by atoms with E-state index in [2.05, 4.69) is 29.5 Å². The molecule has 0 radical (unpaired) electrons. The Labute approximate surface area is 419 Å². The highest BCUT2D eigenvalue weighted by Crippen LogP contribution is 2.43. The molecule has 73 heavy (non-hydrogen) atoms. The second-order valence-corrected chi connectivity index (χ2v) is 20.0. The number of carbonyl (C=O) groups is 4. The van der Waals surface area contributed by atoms with Crippen LogP contribution >= 0.6 is 0 Å². The van der Waals surface area contributed by atoms with E-state index in [0.717, 1.165) is 49.9 Å². The molecule has 2 amide bonds. The Kier molecular flexibility index (Phi) is 15.0. The molecule has 3 N–H and O–H groups in total. The van der Waals surface area contributed by atoms with Crippen molar-refractivity contribution in [2.75, 3.05) is 5.32 Å². The van der Waals surface area contributed by atoms with Gasteiger partial charge in [-0.2, -0.15) is 26.3 Å². The zero-order valence-electron chi connectivity index (χ0n) is 41.1. The fourth-order valence-corrected chi connectivity index (χ4v) is 11.0. The highest BCUT2D eigenvalue weighted by Gasteiger charge is 2.41. The topological polar surface area (TPSA) is 139 Å². The van der Waals surface area contributed by atoms with E-state index >= 15 is 0 Å². The summed E-state index contributed by atoms with van der Waals surface area (Å²) in [6.45, 7) is 12.2. The third kappa shape index (κ3) is 11.5. The van der Waals surface area contributed by atoms with Crippen molar-refractivity contribution in [1.82, 2.24) is 10.3 Å². The molecule has 0 bridgehead atoms. The zero-order chi connectivity index (χ0) is 52.5. The molecular formula is C57H56F6N4O6. The Balaban J connectivity index is 1.34. The summed E-state index contributed by atoms with van der Waals surface area (Å²) < 4.78 is 96.1. The molecule has 0 saturated heterocycles. The summed E-state index contributed by atoms with van der Waals surface area (Å²) in [5.41, 5.74) is -1.88. The van der Waals surface area contributed by atoms with Gasteiger partial charge in [0.15, 0.2) is 0 Å². The van der Waals surface area contributed by atoms with E-state index in [1.54, 1.807) is 60.7 Å². The van der Waals surface area contributed by atoms with Gasteiger partial charge >= 0.3 is 24.3 Å². The lowest BCUT2D eigenvalue weighted by Gasteiger charge is -2.37. The molecule has 4 atom stereocenters. The number of amidine groups is 1. The molecule has 1 aliphatic heterocycles. The number of aromatic nitrogens is 1. The summed E-state index contributed by atoms with van der Waals surface area (Å²) in [6.07, 6.45) is -6.05. The number of anilines is 1. The van der Waals surface area contributed by atoms with E-state index in [1.807, 2.05) is 27.7 Å². The van der Waals surface area contributed by atoms with Gasteiger partial charge in [0, 0.05) is 22.3 Å². The average molecular weight is 1010 g/mol. The molecule has 4 aromatic carbocycles. The Morgan fingerprint density at radius 3 is 1.52 bits per heavy atom. The summed E-state index contributed by atoms with van der Waals surface area (Å²) in [5, 5.41) is 5.26. The lowest BCUT2D eigenvalue weighted by molar-refractivity contribution is -0.152. The number of esters is 2. The van der Waals surface area contributed by atoms with Crippen LogP contribution in [0.25, 0.3) is 22.8 Å². The molecule has 2 saturated carbocycles. The molecule has 5 aromatic rings. The first-order chi connectivity index (χ1) is 34.6. The molecule has 3 aliphatic rings. The minimum Gasteiger partial charge on any atom is -0.458 e. The Bertz CT molecular complexity index is 2970. The number of alkyl halides is 6. The van der Waals surface area contributed by atoms with E-state index < -0.39 is 59.4 Å². The predicted octanol–water partition coefficient (Wildman–Crippen LogP) is 13.4. The number of hydrogen-bond donors (Lipinski definition) is 3. The Morgan fingerprint density at radius 1 is 0.589 bits per heavy atom. The summed E-state index contributed by atoms with van der Waals surface area (Å²) in [7, 11) is 0. The number of nitrogens with zero attached hydrogens (tertiary/aromatic N) is 1. The smallest absolute Gasteiger partial charge is 0.416 e. The van der Waals surface area contributed by atoms with Crippen LogP contribution < -0.4 is 10.6 Å². The van der Waals surface area contributed by atoms with Crippen LogP contribution in [0.15, 0.2) is 125 Å². The molecule has 2 heterocycles. The van der Waals surface area contributed by atoms with Crippen molar-refractivity contribution in [2.24, 2.45) is 40.5 Å². The molecule has 4 unspecified atom stereocenters. The largest absolute Gasteiger partial charge is 0.458 e. The maximum atomic E-state index is 15.0. The molecular weight excluding hydrogens is 951 g/mol. The van der Waals surface area contributed by atoms with Crippen molar-refractivity contribution in [3.8, 4) is 11.1 Å². The first-order valence-electron chi connectivity index (χ1n) is 24.4. The first-order valence-corrected chi connectivity index (χ1v) is 24.4. The molecule has 1 aromatic heterocycles. The third-order valence-corrected chi connectivity index (χ3v) is 14.0. The van der Waals surface area contributed by atoms with Gasteiger partial charge in [0.05, 0.1) is 22.5 Å². The number of halogens is 6. The third-order valence-electron chi connectivity index (χ3n) is 14.0. The Hall–Kier alpha value is -7.23. The quantitative estimate of drug-likeness (QED) is 0.0941. The predicted molar refractivity (Wildman–Crippen MR) is 266 cm³/mol. The lowest BCUT2D eigenvalue weighted by atomic mass is 9.75. The van der Waals surface area contributed by atoms with Gasteiger partial charge in [0.2, 0.25) is 0 Å². The normalized spacial score (nSPS) is 23.9. The van der Waals surface area contributed by atoms with Gasteiger partial charge in [-0.25, -0.2) is 14.6 Å². The zero-order valence-corrected chi connectivity index (χ0v) is 41.1. The monoisotopic (exact) mass is 1010 g/mol. The number of hydrogen-bond acceptors (Lipinski definition) is 7. The number of carbonyl (C=O) groups excluding carboxylic acids is 4. The highest BCUT2D eigenvalue weighted by molar-refractivity contribution is 6.32. The van der Waals surface area contributed by atoms with E-state index in [1.165, 1.54) is 18.2 Å². The number of H-pyrrole nitrogens is 1. The number of rotatable bonds is 10. The van der Waals surface area contributed by atoms with Crippen molar-refractivity contribution in [1.29, 1.82) is 0 Å². The van der Waals surface area contributed by atoms with Gasteiger partial charge in [-0.05, 0) is 115 Å². The van der Waals surface area contributed by atoms with Crippen molar-refractivity contribution in [3.05, 3.63) is 160 Å². The van der Waals surface area contributed by atoms with Gasteiger partial charge in [-0.1, -0.05) is 114 Å². The maximum Gasteiger partial charge on any atom is 0.416 e. The van der Waals surface area contributed by atoms with Crippen LogP contribution in [0.5, 0.6) is 0 Å². The SMILES string of the molecule is CC1CC(C)C(OC(=O)C2=C(c3ccccc3)C(=Cc3[nH]c(NC(=O)c4cccc(C(F)(F)F)c4)c(C(=O)OC4C(C)CC(C)CC4C)c3-c3ccccc3)N=C2NC(=O)c2cccc(C(F)(F)F)c2)C(C)C1. The number of ether oxygens (including phenoxy) is 2. The minimum atomic E-state index is -4.77. The summed E-state index contributed by atoms with van der Waals surface area (Å²) in [4.78, 5) is 66.0. The van der Waals surface area contributed by atoms with Crippen LogP contribution in [0.4, 0.5) is 32.2 Å². The molecule has 382 valence electrons. The Morgan fingerprint density at radius 2 is 1.04 bits per heavy atom. The lowest BCUT2D eigenvalue weighted by Crippen LogP contribution is -2.40.